The van der Waals surface area contributed by atoms with Gasteiger partial charge in [-0.1, -0.05) is 109 Å². The minimum atomic E-state index is -4.22. The molecule has 7 heteroatoms. The molecular formula is C30H29NO4S2. The van der Waals surface area contributed by atoms with Gasteiger partial charge < -0.3 is 0 Å². The van der Waals surface area contributed by atoms with Crippen LogP contribution in [0.4, 0.5) is 0 Å². The summed E-state index contributed by atoms with van der Waals surface area (Å²) in [5.41, 5.74) is 2.90. The van der Waals surface area contributed by atoms with Crippen molar-refractivity contribution in [1.82, 2.24) is 0 Å². The SMILES string of the molecule is Cc1ccc(S(=O)(=O)N=[S@](C)(=O)[C@H](c2ccccc2)[C@@H](CC(=O)c2ccccc2)c2ccccc2)cc1. The first-order valence-corrected chi connectivity index (χ1v) is 15.3. The van der Waals surface area contributed by atoms with E-state index >= 15 is 0 Å². The van der Waals surface area contributed by atoms with Crippen LogP contribution < -0.4 is 0 Å². The molecular weight excluding hydrogens is 502 g/mol. The van der Waals surface area contributed by atoms with E-state index < -0.39 is 30.9 Å². The Morgan fingerprint density at radius 1 is 0.703 bits per heavy atom. The van der Waals surface area contributed by atoms with E-state index in [0.29, 0.717) is 11.1 Å². The Balaban J connectivity index is 1.89. The number of sulfonamides is 1. The van der Waals surface area contributed by atoms with E-state index in [1.807, 2.05) is 73.7 Å². The third-order valence-corrected chi connectivity index (χ3v) is 10.6. The molecule has 0 N–H and O–H groups in total. The fraction of sp³-hybridized carbons (Fsp3) is 0.167. The average molecular weight is 532 g/mol. The molecule has 4 aromatic rings. The van der Waals surface area contributed by atoms with Crippen LogP contribution >= 0.6 is 0 Å². The molecule has 190 valence electrons. The first kappa shape index (κ1) is 26.5. The van der Waals surface area contributed by atoms with Gasteiger partial charge in [0.1, 0.15) is 0 Å². The van der Waals surface area contributed by atoms with E-state index in [0.717, 1.165) is 11.1 Å². The molecule has 0 aliphatic heterocycles. The van der Waals surface area contributed by atoms with E-state index in [-0.39, 0.29) is 17.1 Å². The number of nitrogens with zero attached hydrogens (tertiary/aromatic N) is 1. The third-order valence-electron chi connectivity index (χ3n) is 6.26. The molecule has 0 aromatic heterocycles. The predicted octanol–water partition coefficient (Wildman–Crippen LogP) is 6.58. The van der Waals surface area contributed by atoms with E-state index in [2.05, 4.69) is 3.77 Å². The van der Waals surface area contributed by atoms with Crippen LogP contribution in [0.3, 0.4) is 0 Å². The first-order chi connectivity index (χ1) is 17.7. The molecule has 0 saturated carbocycles. The number of carbonyl (C=O) groups excluding carboxylic acids is 1. The van der Waals surface area contributed by atoms with Crippen molar-refractivity contribution >= 4 is 25.5 Å². The van der Waals surface area contributed by atoms with Crippen molar-refractivity contribution in [3.8, 4) is 0 Å². The summed E-state index contributed by atoms with van der Waals surface area (Å²) in [6, 6.07) is 33.6. The van der Waals surface area contributed by atoms with Gasteiger partial charge in [-0.05, 0) is 30.2 Å². The average Bonchev–Trinajstić information content (AvgIpc) is 2.89. The van der Waals surface area contributed by atoms with Gasteiger partial charge in [-0.25, -0.2) is 4.21 Å². The number of Topliss-reactive ketones (excluding diaryl/α,β-unsaturated/α-hetero) is 1. The van der Waals surface area contributed by atoms with Gasteiger partial charge in [-0.2, -0.15) is 8.42 Å². The zero-order valence-corrected chi connectivity index (χ0v) is 22.4. The maximum Gasteiger partial charge on any atom is 0.290 e. The smallest absolute Gasteiger partial charge is 0.290 e. The zero-order valence-electron chi connectivity index (χ0n) is 20.7. The number of carbonyl (C=O) groups is 1. The number of ketones is 1. The standard InChI is InChI=1S/C30H29NO4S2/c1-23-18-20-27(21-19-23)37(34,35)31-36(2,33)30(26-16-10-5-11-17-26)28(24-12-6-3-7-13-24)22-29(32)25-14-8-4-9-15-25/h3-21,28,30H,22H2,1-2H3/t28-,30+,36+/m0/s1. The monoisotopic (exact) mass is 531 g/mol. The van der Waals surface area contributed by atoms with Gasteiger partial charge in [0, 0.05) is 24.2 Å². The highest BCUT2D eigenvalue weighted by Gasteiger charge is 2.35. The minimum Gasteiger partial charge on any atom is -0.294 e. The molecule has 37 heavy (non-hydrogen) atoms. The molecule has 0 spiro atoms. The lowest BCUT2D eigenvalue weighted by Gasteiger charge is -2.29. The molecule has 0 radical (unpaired) electrons. The molecule has 0 fully saturated rings. The Kier molecular flexibility index (Phi) is 8.05. The second-order valence-corrected chi connectivity index (χ2v) is 13.3. The molecule has 0 bridgehead atoms. The summed E-state index contributed by atoms with van der Waals surface area (Å²) in [5.74, 6) is -0.697. The maximum absolute atomic E-state index is 14.4. The molecule has 0 aliphatic rings. The van der Waals surface area contributed by atoms with Gasteiger partial charge in [0.15, 0.2) is 5.78 Å². The Labute approximate surface area is 219 Å². The lowest BCUT2D eigenvalue weighted by molar-refractivity contribution is 0.0973. The van der Waals surface area contributed by atoms with E-state index in [9.17, 15) is 17.4 Å². The van der Waals surface area contributed by atoms with Crippen LogP contribution in [0.5, 0.6) is 0 Å². The van der Waals surface area contributed by atoms with Crippen LogP contribution in [0.25, 0.3) is 0 Å². The molecule has 0 saturated heterocycles. The summed E-state index contributed by atoms with van der Waals surface area (Å²) in [5, 5.41) is -0.857. The van der Waals surface area contributed by atoms with Crippen molar-refractivity contribution in [2.45, 2.75) is 29.4 Å². The highest BCUT2D eigenvalue weighted by atomic mass is 32.3. The van der Waals surface area contributed by atoms with Gasteiger partial charge in [-0.15, -0.1) is 3.77 Å². The zero-order chi connectivity index (χ0) is 26.5. The first-order valence-electron chi connectivity index (χ1n) is 11.9. The summed E-state index contributed by atoms with van der Waals surface area (Å²) in [7, 11) is -7.65. The second kappa shape index (κ2) is 11.2. The minimum absolute atomic E-state index is 0.0175. The van der Waals surface area contributed by atoms with Crippen molar-refractivity contribution < 1.29 is 17.4 Å². The highest BCUT2D eigenvalue weighted by Crippen LogP contribution is 2.41. The molecule has 5 nitrogen and oxygen atoms in total. The van der Waals surface area contributed by atoms with Crippen LogP contribution in [-0.4, -0.2) is 24.7 Å². The van der Waals surface area contributed by atoms with Crippen molar-refractivity contribution in [3.63, 3.8) is 0 Å². The van der Waals surface area contributed by atoms with Gasteiger partial charge in [0.2, 0.25) is 0 Å². The van der Waals surface area contributed by atoms with Crippen LogP contribution in [0.15, 0.2) is 124 Å². The van der Waals surface area contributed by atoms with Crippen molar-refractivity contribution in [3.05, 3.63) is 138 Å². The number of hydrogen-bond donors (Lipinski definition) is 0. The number of rotatable bonds is 9. The van der Waals surface area contributed by atoms with Crippen LogP contribution in [0, 0.1) is 6.92 Å². The fourth-order valence-electron chi connectivity index (χ4n) is 4.47. The van der Waals surface area contributed by atoms with Crippen LogP contribution in [-0.2, 0) is 19.8 Å². The quantitative estimate of drug-likeness (QED) is 0.229. The normalized spacial score (nSPS) is 14.8. The summed E-state index contributed by atoms with van der Waals surface area (Å²) < 4.78 is 45.0. The lowest BCUT2D eigenvalue weighted by Crippen LogP contribution is -2.23. The van der Waals surface area contributed by atoms with E-state index in [1.54, 1.807) is 36.4 Å². The summed E-state index contributed by atoms with van der Waals surface area (Å²) in [4.78, 5) is 13.4. The van der Waals surface area contributed by atoms with Gasteiger partial charge in [-0.3, -0.25) is 4.79 Å². The van der Waals surface area contributed by atoms with Gasteiger partial charge in [0.05, 0.1) is 19.9 Å². The molecule has 0 unspecified atom stereocenters. The number of aryl methyl sites for hydroxylation is 1. The number of hydrogen-bond acceptors (Lipinski definition) is 4. The van der Waals surface area contributed by atoms with E-state index in [1.165, 1.54) is 18.4 Å². The topological polar surface area (TPSA) is 80.6 Å². The van der Waals surface area contributed by atoms with Crippen molar-refractivity contribution in [1.29, 1.82) is 0 Å². The Morgan fingerprint density at radius 3 is 1.73 bits per heavy atom. The second-order valence-electron chi connectivity index (χ2n) is 9.07. The third kappa shape index (κ3) is 6.42. The molecule has 0 aliphatic carbocycles. The fourth-order valence-corrected chi connectivity index (χ4v) is 8.75. The largest absolute Gasteiger partial charge is 0.294 e. The van der Waals surface area contributed by atoms with E-state index in [4.69, 9.17) is 0 Å². The Bertz CT molecular complexity index is 1580. The maximum atomic E-state index is 14.4. The van der Waals surface area contributed by atoms with Gasteiger partial charge in [0.25, 0.3) is 10.0 Å². The Morgan fingerprint density at radius 2 is 1.19 bits per heavy atom. The Hall–Kier alpha value is -3.55. The summed E-state index contributed by atoms with van der Waals surface area (Å²) >= 11 is 0. The lowest BCUT2D eigenvalue weighted by atomic mass is 9.86. The summed E-state index contributed by atoms with van der Waals surface area (Å²) in [6.07, 6.45) is 1.41. The number of benzene rings is 4. The molecule has 0 heterocycles. The molecule has 3 atom stereocenters. The van der Waals surface area contributed by atoms with Crippen molar-refractivity contribution in [2.24, 2.45) is 3.77 Å². The predicted molar refractivity (Wildman–Crippen MR) is 149 cm³/mol. The van der Waals surface area contributed by atoms with Crippen LogP contribution in [0.1, 0.15) is 44.6 Å². The van der Waals surface area contributed by atoms with Gasteiger partial charge >= 0.3 is 0 Å². The highest BCUT2D eigenvalue weighted by molar-refractivity contribution is 8.03. The molecule has 4 rings (SSSR count). The molecule has 4 aromatic carbocycles. The molecule has 0 amide bonds. The van der Waals surface area contributed by atoms with Crippen LogP contribution in [0.2, 0.25) is 0 Å². The summed E-state index contributed by atoms with van der Waals surface area (Å²) in [6.45, 7) is 1.86. The van der Waals surface area contributed by atoms with Crippen molar-refractivity contribution in [2.75, 3.05) is 6.26 Å².